The quantitative estimate of drug-likeness (QED) is 0.697. The number of aryl methyl sites for hydroxylation is 1. The number of rotatable bonds is 5. The largest absolute Gasteiger partial charge is 0.372 e. The molecular weight excluding hydrogens is 326 g/mol. The molecule has 0 N–H and O–H groups in total. The lowest BCUT2D eigenvalue weighted by Crippen LogP contribution is -2.21. The molecule has 3 nitrogen and oxygen atoms in total. The molecule has 0 fully saturated rings. The highest BCUT2D eigenvalue weighted by atomic mass is 32.1. The number of anilines is 1. The predicted octanol–water partition coefficient (Wildman–Crippen LogP) is 5.18. The van der Waals surface area contributed by atoms with Crippen molar-refractivity contribution in [1.29, 1.82) is 5.26 Å². The van der Waals surface area contributed by atoms with Crippen molar-refractivity contribution in [2.24, 2.45) is 5.92 Å². The molecule has 0 aliphatic heterocycles. The van der Waals surface area contributed by atoms with Crippen LogP contribution in [0.5, 0.6) is 0 Å². The third-order valence-corrected chi connectivity index (χ3v) is 6.02. The van der Waals surface area contributed by atoms with Gasteiger partial charge in [0.1, 0.15) is 11.1 Å². The SMILES string of the molecule is CCN(CC)c1ccc(/C=C(\C#N)c2nc3c(s2)CC(C)CC3)cc1. The van der Waals surface area contributed by atoms with E-state index in [9.17, 15) is 5.26 Å². The van der Waals surface area contributed by atoms with Gasteiger partial charge in [0.05, 0.1) is 11.3 Å². The van der Waals surface area contributed by atoms with Gasteiger partial charge in [-0.1, -0.05) is 19.1 Å². The molecule has 0 spiro atoms. The van der Waals surface area contributed by atoms with Gasteiger partial charge in [-0.25, -0.2) is 4.98 Å². The van der Waals surface area contributed by atoms with E-state index in [1.165, 1.54) is 22.7 Å². The zero-order chi connectivity index (χ0) is 17.8. The summed E-state index contributed by atoms with van der Waals surface area (Å²) in [7, 11) is 0. The van der Waals surface area contributed by atoms with Gasteiger partial charge >= 0.3 is 0 Å². The fourth-order valence-electron chi connectivity index (χ4n) is 3.33. The van der Waals surface area contributed by atoms with Gasteiger partial charge in [-0.15, -0.1) is 11.3 Å². The highest BCUT2D eigenvalue weighted by molar-refractivity contribution is 7.13. The molecule has 1 aliphatic carbocycles. The Kier molecular flexibility index (Phi) is 5.55. The summed E-state index contributed by atoms with van der Waals surface area (Å²) in [6.07, 6.45) is 5.31. The third-order valence-electron chi connectivity index (χ3n) is 4.87. The third kappa shape index (κ3) is 3.93. The number of fused-ring (bicyclic) bond motifs is 1. The van der Waals surface area contributed by atoms with Gasteiger partial charge in [-0.05, 0) is 62.8 Å². The topological polar surface area (TPSA) is 39.9 Å². The molecule has 0 saturated carbocycles. The predicted molar refractivity (Wildman–Crippen MR) is 107 cm³/mol. The second kappa shape index (κ2) is 7.84. The molecule has 2 aromatic rings. The highest BCUT2D eigenvalue weighted by Crippen LogP contribution is 2.33. The van der Waals surface area contributed by atoms with Crippen molar-refractivity contribution in [3.05, 3.63) is 45.4 Å². The molecule has 0 bridgehead atoms. The summed E-state index contributed by atoms with van der Waals surface area (Å²) in [5.74, 6) is 0.725. The first kappa shape index (κ1) is 17.7. The zero-order valence-electron chi connectivity index (χ0n) is 15.2. The average Bonchev–Trinajstić information content (AvgIpc) is 3.04. The highest BCUT2D eigenvalue weighted by Gasteiger charge is 2.21. The Labute approximate surface area is 154 Å². The Morgan fingerprint density at radius 2 is 2.04 bits per heavy atom. The van der Waals surface area contributed by atoms with E-state index in [4.69, 9.17) is 4.98 Å². The molecule has 25 heavy (non-hydrogen) atoms. The Morgan fingerprint density at radius 3 is 2.68 bits per heavy atom. The minimum atomic E-state index is 0.669. The lowest BCUT2D eigenvalue weighted by atomic mass is 9.93. The van der Waals surface area contributed by atoms with Crippen LogP contribution in [0, 0.1) is 17.2 Å². The molecule has 4 heteroatoms. The van der Waals surface area contributed by atoms with Crippen molar-refractivity contribution in [3.63, 3.8) is 0 Å². The summed E-state index contributed by atoms with van der Waals surface area (Å²) in [6, 6.07) is 10.8. The van der Waals surface area contributed by atoms with Crippen LogP contribution < -0.4 is 4.90 Å². The fraction of sp³-hybridized carbons (Fsp3) is 0.429. The number of hydrogen-bond acceptors (Lipinski definition) is 4. The molecule has 3 rings (SSSR count). The normalized spacial score (nSPS) is 17.0. The summed E-state index contributed by atoms with van der Waals surface area (Å²) < 4.78 is 0. The lowest BCUT2D eigenvalue weighted by molar-refractivity contribution is 0.502. The molecule has 1 unspecified atom stereocenters. The van der Waals surface area contributed by atoms with Crippen LogP contribution in [0.4, 0.5) is 5.69 Å². The number of allylic oxidation sites excluding steroid dienone is 1. The van der Waals surface area contributed by atoms with Gasteiger partial charge in [0, 0.05) is 23.7 Å². The molecule has 130 valence electrons. The van der Waals surface area contributed by atoms with Crippen LogP contribution in [0.3, 0.4) is 0 Å². The molecule has 1 aromatic heterocycles. The Hall–Kier alpha value is -2.12. The van der Waals surface area contributed by atoms with E-state index in [1.54, 1.807) is 11.3 Å². The van der Waals surface area contributed by atoms with Crippen molar-refractivity contribution in [2.45, 2.75) is 40.0 Å². The molecule has 0 radical (unpaired) electrons. The smallest absolute Gasteiger partial charge is 0.134 e. The van der Waals surface area contributed by atoms with Crippen LogP contribution in [0.25, 0.3) is 11.6 Å². The number of benzene rings is 1. The number of thiazole rings is 1. The molecule has 1 aromatic carbocycles. The summed E-state index contributed by atoms with van der Waals surface area (Å²) in [6.45, 7) is 8.61. The number of hydrogen-bond donors (Lipinski definition) is 0. The van der Waals surface area contributed by atoms with Gasteiger partial charge in [-0.2, -0.15) is 5.26 Å². The Morgan fingerprint density at radius 1 is 1.32 bits per heavy atom. The minimum absolute atomic E-state index is 0.669. The summed E-state index contributed by atoms with van der Waals surface area (Å²) >= 11 is 1.70. The molecule has 0 saturated heterocycles. The first-order valence-corrected chi connectivity index (χ1v) is 9.92. The van der Waals surface area contributed by atoms with E-state index < -0.39 is 0 Å². The number of nitrogens with zero attached hydrogens (tertiary/aromatic N) is 3. The van der Waals surface area contributed by atoms with Crippen molar-refractivity contribution >= 4 is 28.7 Å². The van der Waals surface area contributed by atoms with E-state index in [2.05, 4.69) is 56.0 Å². The maximum absolute atomic E-state index is 9.61. The number of aromatic nitrogens is 1. The van der Waals surface area contributed by atoms with Gasteiger partial charge in [0.2, 0.25) is 0 Å². The standard InChI is InChI=1S/C21H25N3S/c1-4-24(5-2)18-9-7-16(8-10-18)13-17(14-22)21-23-19-11-6-15(3)12-20(19)25-21/h7-10,13,15H,4-6,11-12H2,1-3H3/b17-13+. The van der Waals surface area contributed by atoms with Crippen LogP contribution in [-0.4, -0.2) is 18.1 Å². The van der Waals surface area contributed by atoms with Crippen molar-refractivity contribution in [1.82, 2.24) is 4.98 Å². The maximum atomic E-state index is 9.61. The van der Waals surface area contributed by atoms with Gasteiger partial charge < -0.3 is 4.90 Å². The second-order valence-corrected chi connectivity index (χ2v) is 7.75. The molecule has 1 heterocycles. The van der Waals surface area contributed by atoms with Gasteiger partial charge in [0.25, 0.3) is 0 Å². The van der Waals surface area contributed by atoms with E-state index in [1.807, 2.05) is 6.08 Å². The van der Waals surface area contributed by atoms with E-state index >= 15 is 0 Å². The molecule has 0 amide bonds. The monoisotopic (exact) mass is 351 g/mol. The summed E-state index contributed by atoms with van der Waals surface area (Å²) in [5.41, 5.74) is 4.15. The summed E-state index contributed by atoms with van der Waals surface area (Å²) in [5, 5.41) is 10.5. The minimum Gasteiger partial charge on any atom is -0.372 e. The fourth-order valence-corrected chi connectivity index (χ4v) is 4.57. The molecular formula is C21H25N3S. The van der Waals surface area contributed by atoms with Crippen molar-refractivity contribution in [3.8, 4) is 6.07 Å². The van der Waals surface area contributed by atoms with Crippen LogP contribution in [0.15, 0.2) is 24.3 Å². The van der Waals surface area contributed by atoms with Crippen LogP contribution in [0.1, 0.15) is 48.3 Å². The maximum Gasteiger partial charge on any atom is 0.134 e. The Bertz CT molecular complexity index is 792. The van der Waals surface area contributed by atoms with Crippen LogP contribution in [-0.2, 0) is 12.8 Å². The van der Waals surface area contributed by atoms with Gasteiger partial charge in [-0.3, -0.25) is 0 Å². The molecule has 1 aliphatic rings. The summed E-state index contributed by atoms with van der Waals surface area (Å²) in [4.78, 5) is 8.43. The first-order valence-electron chi connectivity index (χ1n) is 9.10. The van der Waals surface area contributed by atoms with Crippen LogP contribution >= 0.6 is 11.3 Å². The van der Waals surface area contributed by atoms with E-state index in [-0.39, 0.29) is 0 Å². The Balaban J connectivity index is 1.85. The molecule has 1 atom stereocenters. The second-order valence-electron chi connectivity index (χ2n) is 6.67. The van der Waals surface area contributed by atoms with E-state index in [0.29, 0.717) is 5.57 Å². The van der Waals surface area contributed by atoms with Crippen molar-refractivity contribution < 1.29 is 0 Å². The van der Waals surface area contributed by atoms with Gasteiger partial charge in [0.15, 0.2) is 0 Å². The van der Waals surface area contributed by atoms with E-state index in [0.717, 1.165) is 42.4 Å². The average molecular weight is 352 g/mol. The van der Waals surface area contributed by atoms with Crippen LogP contribution in [0.2, 0.25) is 0 Å². The first-order chi connectivity index (χ1) is 12.1. The number of nitriles is 1. The van der Waals surface area contributed by atoms with Crippen molar-refractivity contribution in [2.75, 3.05) is 18.0 Å². The zero-order valence-corrected chi connectivity index (χ0v) is 16.1. The lowest BCUT2D eigenvalue weighted by Gasteiger charge is -2.20.